The van der Waals surface area contributed by atoms with Gasteiger partial charge in [0.1, 0.15) is 11.3 Å². The van der Waals surface area contributed by atoms with Crippen LogP contribution in [-0.4, -0.2) is 57.9 Å². The quantitative estimate of drug-likeness (QED) is 0.567. The lowest BCUT2D eigenvalue weighted by Gasteiger charge is -2.13. The van der Waals surface area contributed by atoms with Crippen LogP contribution in [0.4, 0.5) is 0 Å². The van der Waals surface area contributed by atoms with E-state index in [2.05, 4.69) is 15.5 Å². The molecule has 0 saturated heterocycles. The van der Waals surface area contributed by atoms with Crippen LogP contribution >= 0.6 is 0 Å². The normalized spacial score (nSPS) is 12.5. The first kappa shape index (κ1) is 21.4. The molecular weight excluding hydrogens is 410 g/mol. The SMILES string of the molecule is C[C@@H](CO)NC(=O)c1cc(-c2ccc(S(C)(=O)=O)cc2)nn(-c2cnn(C)c2)c1=O. The Morgan fingerprint density at radius 1 is 1.27 bits per heavy atom. The fraction of sp³-hybridized carbons (Fsp3) is 0.263. The largest absolute Gasteiger partial charge is 0.394 e. The van der Waals surface area contributed by atoms with Crippen molar-refractivity contribution in [2.45, 2.75) is 17.9 Å². The van der Waals surface area contributed by atoms with Crippen LogP contribution in [0.15, 0.2) is 52.4 Å². The maximum atomic E-state index is 12.9. The molecule has 0 fully saturated rings. The fourth-order valence-corrected chi connectivity index (χ4v) is 3.34. The summed E-state index contributed by atoms with van der Waals surface area (Å²) in [5.74, 6) is -0.657. The zero-order valence-electron chi connectivity index (χ0n) is 16.6. The Kier molecular flexibility index (Phi) is 5.85. The van der Waals surface area contributed by atoms with E-state index >= 15 is 0 Å². The van der Waals surface area contributed by atoms with Gasteiger partial charge in [-0.15, -0.1) is 0 Å². The lowest BCUT2D eigenvalue weighted by Crippen LogP contribution is -2.39. The van der Waals surface area contributed by atoms with Gasteiger partial charge in [0.15, 0.2) is 9.84 Å². The number of carbonyl (C=O) groups is 1. The highest BCUT2D eigenvalue weighted by Crippen LogP contribution is 2.20. The van der Waals surface area contributed by atoms with Crippen molar-refractivity contribution in [2.24, 2.45) is 7.05 Å². The fourth-order valence-electron chi connectivity index (χ4n) is 2.71. The molecular formula is C19H21N5O5S. The van der Waals surface area contributed by atoms with E-state index < -0.39 is 27.3 Å². The van der Waals surface area contributed by atoms with Gasteiger partial charge in [-0.25, -0.2) is 8.42 Å². The third-order valence-electron chi connectivity index (χ3n) is 4.32. The Morgan fingerprint density at radius 3 is 2.47 bits per heavy atom. The molecule has 3 aromatic rings. The third kappa shape index (κ3) is 4.47. The number of sulfone groups is 1. The minimum Gasteiger partial charge on any atom is -0.394 e. The molecule has 2 N–H and O–H groups in total. The lowest BCUT2D eigenvalue weighted by molar-refractivity contribution is 0.0920. The van der Waals surface area contributed by atoms with Crippen LogP contribution in [-0.2, 0) is 16.9 Å². The first-order chi connectivity index (χ1) is 14.1. The number of nitrogens with zero attached hydrogens (tertiary/aromatic N) is 4. The zero-order chi connectivity index (χ0) is 22.1. The van der Waals surface area contributed by atoms with Gasteiger partial charge in [-0.1, -0.05) is 12.1 Å². The maximum Gasteiger partial charge on any atom is 0.284 e. The molecule has 0 aliphatic carbocycles. The highest BCUT2D eigenvalue weighted by molar-refractivity contribution is 7.90. The van der Waals surface area contributed by atoms with Crippen LogP contribution in [0.1, 0.15) is 17.3 Å². The standard InChI is InChI=1S/C19H21N5O5S/c1-12(11-25)21-18(26)16-8-17(13-4-6-15(7-5-13)30(3,28)29)22-24(19(16)27)14-9-20-23(2)10-14/h4-10,12,25H,11H2,1-3H3,(H,21,26)/t12-/m0/s1. The molecule has 0 radical (unpaired) electrons. The summed E-state index contributed by atoms with van der Waals surface area (Å²) in [7, 11) is -1.69. The van der Waals surface area contributed by atoms with Gasteiger partial charge in [0.2, 0.25) is 0 Å². The predicted molar refractivity (Wildman–Crippen MR) is 109 cm³/mol. The van der Waals surface area contributed by atoms with Crippen molar-refractivity contribution in [3.05, 3.63) is 58.6 Å². The molecule has 30 heavy (non-hydrogen) atoms. The Hall–Kier alpha value is -3.31. The molecule has 1 atom stereocenters. The van der Waals surface area contributed by atoms with Crippen LogP contribution in [0.25, 0.3) is 16.9 Å². The van der Waals surface area contributed by atoms with Crippen LogP contribution in [0.3, 0.4) is 0 Å². The Labute approximate surface area is 172 Å². The number of aliphatic hydroxyl groups is 1. The molecule has 2 aromatic heterocycles. The van der Waals surface area contributed by atoms with Gasteiger partial charge in [-0.2, -0.15) is 14.9 Å². The number of aromatic nitrogens is 4. The maximum absolute atomic E-state index is 12.9. The average molecular weight is 431 g/mol. The van der Waals surface area contributed by atoms with Crippen LogP contribution in [0.5, 0.6) is 0 Å². The van der Waals surface area contributed by atoms with E-state index in [9.17, 15) is 23.1 Å². The summed E-state index contributed by atoms with van der Waals surface area (Å²) in [6, 6.07) is 6.75. The molecule has 0 bridgehead atoms. The number of benzene rings is 1. The van der Waals surface area contributed by atoms with Gasteiger partial charge in [-0.05, 0) is 25.1 Å². The molecule has 2 heterocycles. The summed E-state index contributed by atoms with van der Waals surface area (Å²) in [6.07, 6.45) is 4.11. The zero-order valence-corrected chi connectivity index (χ0v) is 17.4. The van der Waals surface area contributed by atoms with E-state index in [-0.39, 0.29) is 17.1 Å². The van der Waals surface area contributed by atoms with Gasteiger partial charge in [0.25, 0.3) is 11.5 Å². The van der Waals surface area contributed by atoms with Crippen molar-refractivity contribution in [2.75, 3.05) is 12.9 Å². The van der Waals surface area contributed by atoms with Crippen molar-refractivity contribution < 1.29 is 18.3 Å². The van der Waals surface area contributed by atoms with Crippen molar-refractivity contribution in [3.8, 4) is 16.9 Å². The number of nitrogens with one attached hydrogen (secondary N) is 1. The van der Waals surface area contributed by atoms with Gasteiger partial charge >= 0.3 is 0 Å². The van der Waals surface area contributed by atoms with Gasteiger partial charge in [0.05, 0.1) is 29.6 Å². The van der Waals surface area contributed by atoms with E-state index in [1.165, 1.54) is 29.1 Å². The van der Waals surface area contributed by atoms with E-state index in [1.54, 1.807) is 32.3 Å². The number of aliphatic hydroxyl groups excluding tert-OH is 1. The molecule has 158 valence electrons. The molecule has 11 heteroatoms. The van der Waals surface area contributed by atoms with Gasteiger partial charge < -0.3 is 10.4 Å². The van der Waals surface area contributed by atoms with E-state index in [0.717, 1.165) is 10.9 Å². The number of hydrogen-bond acceptors (Lipinski definition) is 7. The molecule has 0 saturated carbocycles. The second kappa shape index (κ2) is 8.20. The lowest BCUT2D eigenvalue weighted by atomic mass is 10.1. The van der Waals surface area contributed by atoms with Gasteiger partial charge in [0, 0.05) is 24.9 Å². The van der Waals surface area contributed by atoms with Crippen molar-refractivity contribution in [1.29, 1.82) is 0 Å². The number of carbonyl (C=O) groups excluding carboxylic acids is 1. The first-order valence-corrected chi connectivity index (χ1v) is 10.8. The molecule has 0 aliphatic heterocycles. The second-order valence-corrected chi connectivity index (χ2v) is 8.90. The summed E-state index contributed by atoms with van der Waals surface area (Å²) in [4.78, 5) is 25.7. The Balaban J connectivity index is 2.16. The first-order valence-electron chi connectivity index (χ1n) is 8.95. The van der Waals surface area contributed by atoms with E-state index in [0.29, 0.717) is 16.9 Å². The van der Waals surface area contributed by atoms with E-state index in [4.69, 9.17) is 0 Å². The molecule has 1 amide bonds. The molecule has 1 aromatic carbocycles. The smallest absolute Gasteiger partial charge is 0.284 e. The second-order valence-electron chi connectivity index (χ2n) is 6.89. The number of hydrogen-bond donors (Lipinski definition) is 2. The summed E-state index contributed by atoms with van der Waals surface area (Å²) < 4.78 is 25.9. The minimum atomic E-state index is -3.37. The topological polar surface area (TPSA) is 136 Å². The highest BCUT2D eigenvalue weighted by atomic mass is 32.2. The average Bonchev–Trinajstić information content (AvgIpc) is 3.13. The Morgan fingerprint density at radius 2 is 1.93 bits per heavy atom. The summed E-state index contributed by atoms with van der Waals surface area (Å²) in [5.41, 5.74) is 0.351. The minimum absolute atomic E-state index is 0.140. The van der Waals surface area contributed by atoms with E-state index in [1.807, 2.05) is 0 Å². The number of rotatable bonds is 6. The molecule has 10 nitrogen and oxygen atoms in total. The monoisotopic (exact) mass is 431 g/mol. The van der Waals surface area contributed by atoms with Crippen molar-refractivity contribution >= 4 is 15.7 Å². The molecule has 0 aliphatic rings. The number of amides is 1. The molecule has 3 rings (SSSR count). The summed E-state index contributed by atoms with van der Waals surface area (Å²) >= 11 is 0. The highest BCUT2D eigenvalue weighted by Gasteiger charge is 2.19. The molecule has 0 unspecified atom stereocenters. The third-order valence-corrected chi connectivity index (χ3v) is 5.45. The van der Waals surface area contributed by atoms with Crippen molar-refractivity contribution in [3.63, 3.8) is 0 Å². The molecule has 0 spiro atoms. The van der Waals surface area contributed by atoms with Crippen LogP contribution < -0.4 is 10.9 Å². The summed E-state index contributed by atoms with van der Waals surface area (Å²) in [5, 5.41) is 20.1. The Bertz CT molecular complexity index is 1250. The van der Waals surface area contributed by atoms with Crippen LogP contribution in [0.2, 0.25) is 0 Å². The summed E-state index contributed by atoms with van der Waals surface area (Å²) in [6.45, 7) is 1.32. The number of aryl methyl sites for hydroxylation is 1. The van der Waals surface area contributed by atoms with Crippen molar-refractivity contribution in [1.82, 2.24) is 24.9 Å². The van der Waals surface area contributed by atoms with Crippen LogP contribution in [0, 0.1) is 0 Å². The predicted octanol–water partition coefficient (Wildman–Crippen LogP) is 0.147. The van der Waals surface area contributed by atoms with Gasteiger partial charge in [-0.3, -0.25) is 14.3 Å².